The summed E-state index contributed by atoms with van der Waals surface area (Å²) in [7, 11) is 1.62. The van der Waals surface area contributed by atoms with Crippen molar-refractivity contribution in [2.24, 2.45) is 0 Å². The lowest BCUT2D eigenvalue weighted by Crippen LogP contribution is -2.46. The number of amides is 1. The normalized spacial score (nSPS) is 15.7. The number of anilines is 1. The van der Waals surface area contributed by atoms with Crippen LogP contribution in [-0.4, -0.2) is 37.0 Å². The number of nitrogens with one attached hydrogen (secondary N) is 2. The van der Waals surface area contributed by atoms with Gasteiger partial charge in [-0.3, -0.25) is 15.0 Å². The van der Waals surface area contributed by atoms with E-state index in [-0.39, 0.29) is 11.9 Å². The molecule has 1 aliphatic heterocycles. The van der Waals surface area contributed by atoms with E-state index >= 15 is 0 Å². The van der Waals surface area contributed by atoms with E-state index in [9.17, 15) is 4.79 Å². The molecule has 3 aromatic rings. The summed E-state index contributed by atoms with van der Waals surface area (Å²) in [5, 5.41) is 6.74. The van der Waals surface area contributed by atoms with Crippen LogP contribution in [-0.2, 0) is 11.3 Å². The maximum atomic E-state index is 13.4. The van der Waals surface area contributed by atoms with Crippen molar-refractivity contribution in [1.82, 2.24) is 10.2 Å². The summed E-state index contributed by atoms with van der Waals surface area (Å²) in [6.45, 7) is 5.01. The summed E-state index contributed by atoms with van der Waals surface area (Å²) < 4.78 is 5.46. The first-order valence-electron chi connectivity index (χ1n) is 11.6. The van der Waals surface area contributed by atoms with Crippen LogP contribution in [0.15, 0.2) is 78.9 Å². The molecule has 0 aliphatic carbocycles. The summed E-state index contributed by atoms with van der Waals surface area (Å²) in [5.41, 5.74) is 4.08. The summed E-state index contributed by atoms with van der Waals surface area (Å²) >= 11 is 0. The number of hydrogen-bond acceptors (Lipinski definition) is 4. The number of aryl methyl sites for hydroxylation is 1. The molecule has 1 heterocycles. The van der Waals surface area contributed by atoms with Crippen LogP contribution in [0.4, 0.5) is 5.69 Å². The minimum Gasteiger partial charge on any atom is -0.495 e. The lowest BCUT2D eigenvalue weighted by molar-refractivity contribution is -0.118. The average molecular weight is 444 g/mol. The second kappa shape index (κ2) is 11.1. The molecule has 1 saturated heterocycles. The molecule has 172 valence electrons. The van der Waals surface area contributed by atoms with Crippen molar-refractivity contribution in [3.8, 4) is 5.75 Å². The van der Waals surface area contributed by atoms with Crippen molar-refractivity contribution < 1.29 is 9.53 Å². The van der Waals surface area contributed by atoms with Crippen LogP contribution in [0.3, 0.4) is 0 Å². The predicted molar refractivity (Wildman–Crippen MR) is 133 cm³/mol. The van der Waals surface area contributed by atoms with Crippen LogP contribution in [0, 0.1) is 6.92 Å². The molecule has 0 unspecified atom stereocenters. The van der Waals surface area contributed by atoms with Crippen molar-refractivity contribution in [2.45, 2.75) is 38.4 Å². The van der Waals surface area contributed by atoms with Gasteiger partial charge < -0.3 is 10.1 Å². The third-order valence-corrected chi connectivity index (χ3v) is 6.25. The molecule has 0 aromatic heterocycles. The first kappa shape index (κ1) is 23.0. The van der Waals surface area contributed by atoms with Gasteiger partial charge in [-0.2, -0.15) is 0 Å². The third kappa shape index (κ3) is 6.21. The molecular weight excluding hydrogens is 410 g/mol. The second-order valence-corrected chi connectivity index (χ2v) is 8.74. The fraction of sp³-hybridized carbons (Fsp3) is 0.321. The quantitative estimate of drug-likeness (QED) is 0.518. The first-order chi connectivity index (χ1) is 16.1. The van der Waals surface area contributed by atoms with Crippen molar-refractivity contribution in [1.29, 1.82) is 0 Å². The topological polar surface area (TPSA) is 53.6 Å². The van der Waals surface area contributed by atoms with Gasteiger partial charge in [-0.1, -0.05) is 66.7 Å². The number of likely N-dealkylation sites (tertiary alicyclic amines) is 1. The summed E-state index contributed by atoms with van der Waals surface area (Å²) in [6.07, 6.45) is 2.02. The minimum absolute atomic E-state index is 0.0724. The monoisotopic (exact) mass is 443 g/mol. The molecule has 4 rings (SSSR count). The molecule has 0 spiro atoms. The van der Waals surface area contributed by atoms with E-state index in [0.29, 0.717) is 11.4 Å². The number of methoxy groups -OCH3 is 1. The van der Waals surface area contributed by atoms with E-state index < -0.39 is 6.04 Å². The van der Waals surface area contributed by atoms with Crippen LogP contribution >= 0.6 is 0 Å². The Morgan fingerprint density at radius 2 is 1.67 bits per heavy atom. The average Bonchev–Trinajstić information content (AvgIpc) is 2.85. The van der Waals surface area contributed by atoms with E-state index in [1.165, 1.54) is 5.56 Å². The van der Waals surface area contributed by atoms with E-state index in [1.807, 2.05) is 55.5 Å². The predicted octanol–water partition coefficient (Wildman–Crippen LogP) is 4.94. The largest absolute Gasteiger partial charge is 0.495 e. The Balaban J connectivity index is 1.43. The number of rotatable bonds is 8. The van der Waals surface area contributed by atoms with E-state index in [1.54, 1.807) is 7.11 Å². The standard InChI is InChI=1S/C28H33N3O2/c1-21-13-14-26(33-2)25(19-21)30-28(32)27(23-11-7-4-8-12-23)29-24-15-17-31(18-16-24)20-22-9-5-3-6-10-22/h3-14,19,24,27,29H,15-18,20H2,1-2H3,(H,30,32)/t27-/m0/s1. The summed E-state index contributed by atoms with van der Waals surface area (Å²) in [6, 6.07) is 26.2. The maximum absolute atomic E-state index is 13.4. The molecule has 1 fully saturated rings. The molecule has 1 atom stereocenters. The molecule has 2 N–H and O–H groups in total. The molecule has 0 bridgehead atoms. The van der Waals surface area contributed by atoms with Crippen LogP contribution in [0.5, 0.6) is 5.75 Å². The van der Waals surface area contributed by atoms with E-state index in [0.717, 1.165) is 43.6 Å². The van der Waals surface area contributed by atoms with Gasteiger partial charge in [0.2, 0.25) is 5.91 Å². The maximum Gasteiger partial charge on any atom is 0.246 e. The number of carbonyl (C=O) groups excluding carboxylic acids is 1. The Morgan fingerprint density at radius 3 is 2.33 bits per heavy atom. The lowest BCUT2D eigenvalue weighted by atomic mass is 9.99. The Kier molecular flexibility index (Phi) is 7.76. The molecule has 5 nitrogen and oxygen atoms in total. The Bertz CT molecular complexity index is 1030. The zero-order valence-corrected chi connectivity index (χ0v) is 19.5. The number of ether oxygens (including phenoxy) is 1. The number of benzene rings is 3. The molecular formula is C28H33N3O2. The van der Waals surface area contributed by atoms with Gasteiger partial charge in [0.15, 0.2) is 0 Å². The van der Waals surface area contributed by atoms with Gasteiger partial charge in [0.1, 0.15) is 11.8 Å². The van der Waals surface area contributed by atoms with E-state index in [4.69, 9.17) is 4.74 Å². The van der Waals surface area contributed by atoms with Crippen LogP contribution < -0.4 is 15.4 Å². The molecule has 1 amide bonds. The Labute approximate surface area is 196 Å². The number of nitrogens with zero attached hydrogens (tertiary/aromatic N) is 1. The highest BCUT2D eigenvalue weighted by molar-refractivity contribution is 5.96. The van der Waals surface area contributed by atoms with Crippen molar-refractivity contribution in [3.63, 3.8) is 0 Å². The van der Waals surface area contributed by atoms with Crippen molar-refractivity contribution >= 4 is 11.6 Å². The Hall–Kier alpha value is -3.15. The zero-order chi connectivity index (χ0) is 23.0. The van der Waals surface area contributed by atoms with Gasteiger partial charge in [0.25, 0.3) is 0 Å². The van der Waals surface area contributed by atoms with Gasteiger partial charge in [-0.05, 0) is 61.7 Å². The Morgan fingerprint density at radius 1 is 1.00 bits per heavy atom. The lowest BCUT2D eigenvalue weighted by Gasteiger charge is -2.34. The van der Waals surface area contributed by atoms with Gasteiger partial charge in [-0.15, -0.1) is 0 Å². The van der Waals surface area contributed by atoms with Crippen molar-refractivity contribution in [2.75, 3.05) is 25.5 Å². The highest BCUT2D eigenvalue weighted by Gasteiger charge is 2.27. The number of carbonyl (C=O) groups is 1. The fourth-order valence-corrected chi connectivity index (χ4v) is 4.43. The highest BCUT2D eigenvalue weighted by atomic mass is 16.5. The van der Waals surface area contributed by atoms with Gasteiger partial charge in [0.05, 0.1) is 12.8 Å². The summed E-state index contributed by atoms with van der Waals surface area (Å²) in [5.74, 6) is 0.590. The van der Waals surface area contributed by atoms with Crippen molar-refractivity contribution in [3.05, 3.63) is 95.6 Å². The number of piperidine rings is 1. The minimum atomic E-state index is -0.429. The van der Waals surface area contributed by atoms with Crippen LogP contribution in [0.1, 0.15) is 35.6 Å². The molecule has 1 aliphatic rings. The number of hydrogen-bond donors (Lipinski definition) is 2. The van der Waals surface area contributed by atoms with Crippen LogP contribution in [0.2, 0.25) is 0 Å². The molecule has 0 saturated carbocycles. The van der Waals surface area contributed by atoms with E-state index in [2.05, 4.69) is 45.9 Å². The van der Waals surface area contributed by atoms with Gasteiger partial charge >= 0.3 is 0 Å². The molecule has 5 heteroatoms. The first-order valence-corrected chi connectivity index (χ1v) is 11.6. The molecule has 33 heavy (non-hydrogen) atoms. The zero-order valence-electron chi connectivity index (χ0n) is 19.5. The molecule has 0 radical (unpaired) electrons. The highest BCUT2D eigenvalue weighted by Crippen LogP contribution is 2.27. The SMILES string of the molecule is COc1ccc(C)cc1NC(=O)[C@@H](NC1CCN(Cc2ccccc2)CC1)c1ccccc1. The smallest absolute Gasteiger partial charge is 0.246 e. The molecule has 3 aromatic carbocycles. The fourth-order valence-electron chi connectivity index (χ4n) is 4.43. The van der Waals surface area contributed by atoms with Gasteiger partial charge in [0, 0.05) is 12.6 Å². The van der Waals surface area contributed by atoms with Crippen LogP contribution in [0.25, 0.3) is 0 Å². The van der Waals surface area contributed by atoms with Gasteiger partial charge in [-0.25, -0.2) is 0 Å². The summed E-state index contributed by atoms with van der Waals surface area (Å²) in [4.78, 5) is 15.9. The second-order valence-electron chi connectivity index (χ2n) is 8.74. The third-order valence-electron chi connectivity index (χ3n) is 6.25.